The van der Waals surface area contributed by atoms with E-state index in [4.69, 9.17) is 20.8 Å². The minimum atomic E-state index is -0.477. The highest BCUT2D eigenvalue weighted by Crippen LogP contribution is 2.66. The van der Waals surface area contributed by atoms with E-state index in [-0.39, 0.29) is 29.4 Å². The van der Waals surface area contributed by atoms with E-state index in [0.29, 0.717) is 28.0 Å². The van der Waals surface area contributed by atoms with Crippen molar-refractivity contribution >= 4 is 29.7 Å². The third-order valence-electron chi connectivity index (χ3n) is 6.35. The van der Waals surface area contributed by atoms with Crippen molar-refractivity contribution in [3.63, 3.8) is 0 Å². The van der Waals surface area contributed by atoms with Gasteiger partial charge >= 0.3 is 5.97 Å². The van der Waals surface area contributed by atoms with Crippen LogP contribution in [-0.2, 0) is 9.53 Å². The second-order valence-electron chi connectivity index (χ2n) is 8.19. The fourth-order valence-corrected chi connectivity index (χ4v) is 4.90. The number of amides is 1. The van der Waals surface area contributed by atoms with Crippen molar-refractivity contribution in [3.05, 3.63) is 46.7 Å². The molecule has 2 fully saturated rings. The molecule has 7 heteroatoms. The number of nitrogens with zero attached hydrogens (tertiary/aromatic N) is 1. The number of ether oxygens (including phenoxy) is 1. The van der Waals surface area contributed by atoms with Crippen molar-refractivity contribution < 1.29 is 18.7 Å². The summed E-state index contributed by atoms with van der Waals surface area (Å²) in [6.45, 7) is 4.22. The maximum absolute atomic E-state index is 12.5. The Balaban J connectivity index is 1.40. The van der Waals surface area contributed by atoms with E-state index in [1.54, 1.807) is 37.3 Å². The lowest BCUT2D eigenvalue weighted by atomic mass is 9.90. The molecule has 1 amide bonds. The Morgan fingerprint density at radius 3 is 2.90 bits per heavy atom. The van der Waals surface area contributed by atoms with Gasteiger partial charge in [-0.15, -0.1) is 0 Å². The molecule has 0 radical (unpaired) electrons. The largest absolute Gasteiger partial charge is 0.462 e. The minimum Gasteiger partial charge on any atom is -0.462 e. The molecule has 2 aliphatic rings. The SMILES string of the molecule is CCOC(=O)c1cc(-c2ccc(/C=N/NC(=O)C3C4CCCCC43C)o2)ccc1Cl. The molecule has 0 bridgehead atoms. The second kappa shape index (κ2) is 8.26. The highest BCUT2D eigenvalue weighted by atomic mass is 35.5. The number of esters is 1. The molecule has 2 saturated carbocycles. The number of rotatable bonds is 6. The molecule has 2 aliphatic carbocycles. The van der Waals surface area contributed by atoms with Crippen LogP contribution in [0.25, 0.3) is 11.3 Å². The topological polar surface area (TPSA) is 80.9 Å². The fourth-order valence-electron chi connectivity index (χ4n) is 4.70. The first-order valence-electron chi connectivity index (χ1n) is 10.3. The first-order valence-corrected chi connectivity index (χ1v) is 10.7. The predicted octanol–water partition coefficient (Wildman–Crippen LogP) is 5.05. The minimum absolute atomic E-state index is 0.00999. The lowest BCUT2D eigenvalue weighted by molar-refractivity contribution is -0.123. The quantitative estimate of drug-likeness (QED) is 0.396. The molecular formula is C23H25ClN2O4. The van der Waals surface area contributed by atoms with Crippen LogP contribution in [0.4, 0.5) is 0 Å². The number of hydrogen-bond donors (Lipinski definition) is 1. The zero-order chi connectivity index (χ0) is 21.3. The van der Waals surface area contributed by atoms with E-state index in [1.165, 1.54) is 19.1 Å². The van der Waals surface area contributed by atoms with Crippen LogP contribution in [0, 0.1) is 17.3 Å². The average Bonchev–Trinajstić information content (AvgIpc) is 3.09. The standard InChI is InChI=1S/C23H25ClN2O4/c1-3-29-22(28)16-12-14(7-9-18(16)24)19-10-8-15(30-19)13-25-26-21(27)20-17-6-4-5-11-23(17,20)2/h7-10,12-13,17,20H,3-6,11H2,1-2H3,(H,26,27)/b25-13+. The number of halogens is 1. The summed E-state index contributed by atoms with van der Waals surface area (Å²) in [5, 5.41) is 4.39. The molecule has 0 saturated heterocycles. The Hall–Kier alpha value is -2.60. The third-order valence-corrected chi connectivity index (χ3v) is 6.68. The smallest absolute Gasteiger partial charge is 0.339 e. The Labute approximate surface area is 180 Å². The van der Waals surface area contributed by atoms with Crippen molar-refractivity contribution in [1.29, 1.82) is 0 Å². The molecule has 30 heavy (non-hydrogen) atoms. The number of carbonyl (C=O) groups excluding carboxylic acids is 2. The summed E-state index contributed by atoms with van der Waals surface area (Å²) in [5.41, 5.74) is 3.80. The molecule has 1 aromatic carbocycles. The average molecular weight is 429 g/mol. The molecule has 1 N–H and O–H groups in total. The number of carbonyl (C=O) groups is 2. The first kappa shape index (κ1) is 20.7. The molecule has 3 atom stereocenters. The van der Waals surface area contributed by atoms with Gasteiger partial charge in [0.1, 0.15) is 11.5 Å². The molecule has 2 aromatic rings. The lowest BCUT2D eigenvalue weighted by Crippen LogP contribution is -2.22. The van der Waals surface area contributed by atoms with E-state index >= 15 is 0 Å². The summed E-state index contributed by atoms with van der Waals surface area (Å²) in [4.78, 5) is 24.5. The van der Waals surface area contributed by atoms with Crippen LogP contribution < -0.4 is 5.43 Å². The number of furan rings is 1. The van der Waals surface area contributed by atoms with Crippen molar-refractivity contribution in [1.82, 2.24) is 5.43 Å². The van der Waals surface area contributed by atoms with E-state index < -0.39 is 5.97 Å². The summed E-state index contributed by atoms with van der Waals surface area (Å²) >= 11 is 6.11. The van der Waals surface area contributed by atoms with Gasteiger partial charge in [-0.05, 0) is 61.4 Å². The molecule has 0 spiro atoms. The van der Waals surface area contributed by atoms with Crippen LogP contribution in [0.3, 0.4) is 0 Å². The summed E-state index contributed by atoms with van der Waals surface area (Å²) in [7, 11) is 0. The van der Waals surface area contributed by atoms with Gasteiger partial charge in [-0.1, -0.05) is 31.4 Å². The second-order valence-corrected chi connectivity index (χ2v) is 8.59. The molecular weight excluding hydrogens is 404 g/mol. The highest BCUT2D eigenvalue weighted by Gasteiger charge is 2.64. The van der Waals surface area contributed by atoms with Gasteiger partial charge in [0.05, 0.1) is 23.4 Å². The molecule has 0 aliphatic heterocycles. The van der Waals surface area contributed by atoms with Crippen molar-refractivity contribution in [2.75, 3.05) is 6.61 Å². The lowest BCUT2D eigenvalue weighted by Gasteiger charge is -2.15. The number of hydrazone groups is 1. The number of fused-ring (bicyclic) bond motifs is 1. The number of benzene rings is 1. The monoisotopic (exact) mass is 428 g/mol. The van der Waals surface area contributed by atoms with Gasteiger partial charge in [-0.25, -0.2) is 10.2 Å². The van der Waals surface area contributed by atoms with Gasteiger partial charge in [0.15, 0.2) is 0 Å². The summed E-state index contributed by atoms with van der Waals surface area (Å²) < 4.78 is 10.8. The Morgan fingerprint density at radius 2 is 2.17 bits per heavy atom. The third kappa shape index (κ3) is 3.88. The maximum Gasteiger partial charge on any atom is 0.339 e. The molecule has 1 heterocycles. The Kier molecular flexibility index (Phi) is 5.69. The number of hydrogen-bond acceptors (Lipinski definition) is 5. The van der Waals surface area contributed by atoms with Crippen molar-refractivity contribution in [3.8, 4) is 11.3 Å². The van der Waals surface area contributed by atoms with Gasteiger partial charge in [-0.3, -0.25) is 4.79 Å². The van der Waals surface area contributed by atoms with Gasteiger partial charge in [0.2, 0.25) is 5.91 Å². The zero-order valence-corrected chi connectivity index (χ0v) is 17.9. The first-order chi connectivity index (χ1) is 14.4. The summed E-state index contributed by atoms with van der Waals surface area (Å²) in [5.74, 6) is 1.14. The normalized spacial score (nSPS) is 25.0. The van der Waals surface area contributed by atoms with E-state index in [1.807, 2.05) is 0 Å². The molecule has 1 aromatic heterocycles. The van der Waals surface area contributed by atoms with Crippen LogP contribution in [0.5, 0.6) is 0 Å². The van der Waals surface area contributed by atoms with Crippen LogP contribution >= 0.6 is 11.6 Å². The molecule has 6 nitrogen and oxygen atoms in total. The van der Waals surface area contributed by atoms with Crippen LogP contribution in [0.15, 0.2) is 39.9 Å². The highest BCUT2D eigenvalue weighted by molar-refractivity contribution is 6.33. The van der Waals surface area contributed by atoms with E-state index in [2.05, 4.69) is 17.5 Å². The van der Waals surface area contributed by atoms with E-state index in [0.717, 1.165) is 12.8 Å². The molecule has 3 unspecified atom stereocenters. The predicted molar refractivity (Wildman–Crippen MR) is 114 cm³/mol. The van der Waals surface area contributed by atoms with Crippen LogP contribution in [0.2, 0.25) is 5.02 Å². The van der Waals surface area contributed by atoms with Gasteiger partial charge in [0.25, 0.3) is 0 Å². The van der Waals surface area contributed by atoms with Gasteiger partial charge in [0, 0.05) is 11.5 Å². The van der Waals surface area contributed by atoms with Gasteiger partial charge in [-0.2, -0.15) is 5.10 Å². The summed E-state index contributed by atoms with van der Waals surface area (Å²) in [6, 6.07) is 8.56. The van der Waals surface area contributed by atoms with Crippen LogP contribution in [-0.4, -0.2) is 24.7 Å². The zero-order valence-electron chi connectivity index (χ0n) is 17.1. The molecule has 4 rings (SSSR count). The van der Waals surface area contributed by atoms with Crippen molar-refractivity contribution in [2.24, 2.45) is 22.4 Å². The van der Waals surface area contributed by atoms with Crippen molar-refractivity contribution in [2.45, 2.75) is 39.5 Å². The Bertz CT molecular complexity index is 999. The Morgan fingerprint density at radius 1 is 1.33 bits per heavy atom. The molecule has 158 valence electrons. The fraction of sp³-hybridized carbons (Fsp3) is 0.435. The van der Waals surface area contributed by atoms with Crippen LogP contribution in [0.1, 0.15) is 55.6 Å². The maximum atomic E-state index is 12.5. The van der Waals surface area contributed by atoms with E-state index in [9.17, 15) is 9.59 Å². The van der Waals surface area contributed by atoms with Gasteiger partial charge < -0.3 is 9.15 Å². The summed E-state index contributed by atoms with van der Waals surface area (Å²) in [6.07, 6.45) is 6.16. The number of nitrogens with one attached hydrogen (secondary N) is 1.